The van der Waals surface area contributed by atoms with Crippen molar-refractivity contribution in [2.45, 2.75) is 26.2 Å². The molecule has 0 aliphatic heterocycles. The summed E-state index contributed by atoms with van der Waals surface area (Å²) in [5.41, 5.74) is 8.71. The Morgan fingerprint density at radius 3 is 1.91 bits per heavy atom. The van der Waals surface area contributed by atoms with Crippen LogP contribution < -0.4 is 0 Å². The highest BCUT2D eigenvalue weighted by molar-refractivity contribution is 6.08. The van der Waals surface area contributed by atoms with Crippen molar-refractivity contribution < 1.29 is 4.42 Å². The molecule has 0 spiro atoms. The number of allylic oxidation sites excluding steroid dienone is 5. The number of fused-ring (bicyclic) bond motifs is 4. The normalized spacial score (nSPS) is 14.3. The molecule has 0 N–H and O–H groups in total. The quantitative estimate of drug-likeness (QED) is 0.263. The van der Waals surface area contributed by atoms with Crippen molar-refractivity contribution in [1.29, 1.82) is 0 Å². The van der Waals surface area contributed by atoms with E-state index in [0.717, 1.165) is 27.5 Å². The maximum absolute atomic E-state index is 6.27. The molecule has 0 amide bonds. The fourth-order valence-corrected chi connectivity index (χ4v) is 5.56. The number of hydrogen-bond acceptors (Lipinski definition) is 1. The van der Waals surface area contributed by atoms with E-state index in [9.17, 15) is 0 Å². The highest BCUT2D eigenvalue weighted by Gasteiger charge is 2.46. The van der Waals surface area contributed by atoms with Crippen LogP contribution in [-0.4, -0.2) is 0 Å². The molecule has 35 heavy (non-hydrogen) atoms. The van der Waals surface area contributed by atoms with E-state index in [0.29, 0.717) is 0 Å². The highest BCUT2D eigenvalue weighted by Crippen LogP contribution is 2.56. The zero-order valence-electron chi connectivity index (χ0n) is 20.6. The first-order chi connectivity index (χ1) is 17.3. The topological polar surface area (TPSA) is 13.1 Å². The molecule has 6 rings (SSSR count). The van der Waals surface area contributed by atoms with Gasteiger partial charge in [0.1, 0.15) is 11.2 Å². The van der Waals surface area contributed by atoms with E-state index < -0.39 is 5.41 Å². The molecule has 0 unspecified atom stereocenters. The minimum atomic E-state index is -0.444. The molecule has 5 aromatic rings. The van der Waals surface area contributed by atoms with Gasteiger partial charge in [-0.25, -0.2) is 0 Å². The molecule has 0 saturated heterocycles. The zero-order valence-corrected chi connectivity index (χ0v) is 20.6. The Kier molecular flexibility index (Phi) is 6.01. The van der Waals surface area contributed by atoms with Gasteiger partial charge in [0, 0.05) is 10.8 Å². The molecule has 1 aliphatic rings. The maximum atomic E-state index is 6.27. The SMILES string of the molecule is C=CC1=C(/C=C\C)C(c2ccccc2)(c2ccccc2)c2cc3c(cc21)oc1ccccc13.CC. The van der Waals surface area contributed by atoms with Crippen LogP contribution in [0.2, 0.25) is 0 Å². The van der Waals surface area contributed by atoms with Gasteiger partial charge < -0.3 is 4.42 Å². The molecule has 0 radical (unpaired) electrons. The molecule has 0 fully saturated rings. The summed E-state index contributed by atoms with van der Waals surface area (Å²) in [7, 11) is 0. The summed E-state index contributed by atoms with van der Waals surface area (Å²) in [5, 5.41) is 2.29. The van der Waals surface area contributed by atoms with Crippen LogP contribution in [0.15, 0.2) is 132 Å². The Morgan fingerprint density at radius 2 is 1.31 bits per heavy atom. The van der Waals surface area contributed by atoms with Gasteiger partial charge in [-0.2, -0.15) is 0 Å². The lowest BCUT2D eigenvalue weighted by molar-refractivity contribution is 0.668. The first-order valence-corrected chi connectivity index (χ1v) is 12.4. The van der Waals surface area contributed by atoms with Crippen molar-refractivity contribution in [3.63, 3.8) is 0 Å². The van der Waals surface area contributed by atoms with Crippen LogP contribution in [-0.2, 0) is 5.41 Å². The number of hydrogen-bond donors (Lipinski definition) is 0. The van der Waals surface area contributed by atoms with Crippen molar-refractivity contribution in [3.05, 3.63) is 150 Å². The monoisotopic (exact) mass is 454 g/mol. The largest absolute Gasteiger partial charge is 0.456 e. The lowest BCUT2D eigenvalue weighted by atomic mass is 9.66. The van der Waals surface area contributed by atoms with E-state index in [2.05, 4.69) is 111 Å². The van der Waals surface area contributed by atoms with E-state index in [1.54, 1.807) is 0 Å². The number of rotatable bonds is 4. The molecule has 1 aromatic heterocycles. The van der Waals surface area contributed by atoms with Gasteiger partial charge in [-0.15, -0.1) is 0 Å². The maximum Gasteiger partial charge on any atom is 0.136 e. The van der Waals surface area contributed by atoms with Crippen molar-refractivity contribution in [2.75, 3.05) is 0 Å². The summed E-state index contributed by atoms with van der Waals surface area (Å²) < 4.78 is 6.27. The van der Waals surface area contributed by atoms with Crippen LogP contribution >= 0.6 is 0 Å². The van der Waals surface area contributed by atoms with E-state index in [4.69, 9.17) is 4.42 Å². The number of furan rings is 1. The van der Waals surface area contributed by atoms with Crippen LogP contribution in [0, 0.1) is 0 Å². The first kappa shape index (κ1) is 22.7. The molecular weight excluding hydrogens is 424 g/mol. The van der Waals surface area contributed by atoms with Crippen molar-refractivity contribution in [1.82, 2.24) is 0 Å². The van der Waals surface area contributed by atoms with E-state index >= 15 is 0 Å². The fraction of sp³-hybridized carbons (Fsp3) is 0.118. The Bertz CT molecular complexity index is 1520. The van der Waals surface area contributed by atoms with Crippen LogP contribution in [0.3, 0.4) is 0 Å². The molecular formula is C34H30O. The summed E-state index contributed by atoms with van der Waals surface area (Å²) in [6.07, 6.45) is 6.37. The Morgan fingerprint density at radius 1 is 0.714 bits per heavy atom. The Labute approximate surface area is 207 Å². The zero-order chi connectivity index (χ0) is 24.4. The van der Waals surface area contributed by atoms with Crippen molar-refractivity contribution >= 4 is 27.5 Å². The minimum Gasteiger partial charge on any atom is -0.456 e. The molecule has 1 heteroatoms. The third-order valence-corrected chi connectivity index (χ3v) is 6.86. The van der Waals surface area contributed by atoms with E-state index in [-0.39, 0.29) is 0 Å². The molecule has 1 heterocycles. The van der Waals surface area contributed by atoms with Gasteiger partial charge in [-0.3, -0.25) is 0 Å². The first-order valence-electron chi connectivity index (χ1n) is 12.4. The summed E-state index contributed by atoms with van der Waals surface area (Å²) >= 11 is 0. The molecule has 0 atom stereocenters. The molecule has 1 aliphatic carbocycles. The van der Waals surface area contributed by atoms with Crippen LogP contribution in [0.4, 0.5) is 0 Å². The minimum absolute atomic E-state index is 0.444. The molecule has 1 nitrogen and oxygen atoms in total. The highest BCUT2D eigenvalue weighted by atomic mass is 16.3. The number of para-hydroxylation sites is 1. The molecule has 4 aromatic carbocycles. The standard InChI is InChI=1S/C32H24O.C2H6/c1-3-13-28-24(4-2)26-21-31-27(25-18-11-12-19-30(25)33-31)20-29(26)32(28,22-14-7-5-8-15-22)23-16-9-6-10-17-23;1-2/h3-21H,2H2,1H3;1-2H3/b13-3-;. The van der Waals surface area contributed by atoms with Gasteiger partial charge in [-0.05, 0) is 58.5 Å². The second kappa shape index (κ2) is 9.27. The van der Waals surface area contributed by atoms with Crippen molar-refractivity contribution in [3.8, 4) is 0 Å². The van der Waals surface area contributed by atoms with E-state index in [1.807, 2.05) is 32.1 Å². The van der Waals surface area contributed by atoms with Crippen molar-refractivity contribution in [2.24, 2.45) is 0 Å². The Balaban J connectivity index is 0.00000124. The third kappa shape index (κ3) is 3.31. The summed E-state index contributed by atoms with van der Waals surface area (Å²) in [4.78, 5) is 0. The van der Waals surface area contributed by atoms with Gasteiger partial charge in [0.15, 0.2) is 0 Å². The molecule has 0 saturated carbocycles. The Hall–Kier alpha value is -4.10. The smallest absolute Gasteiger partial charge is 0.136 e. The van der Waals surface area contributed by atoms with Crippen LogP contribution in [0.5, 0.6) is 0 Å². The number of benzene rings is 4. The van der Waals surface area contributed by atoms with Gasteiger partial charge >= 0.3 is 0 Å². The average molecular weight is 455 g/mol. The summed E-state index contributed by atoms with van der Waals surface area (Å²) in [6.45, 7) is 10.3. The summed E-state index contributed by atoms with van der Waals surface area (Å²) in [6, 6.07) is 34.5. The molecule has 172 valence electrons. The predicted molar refractivity (Wildman–Crippen MR) is 150 cm³/mol. The second-order valence-corrected chi connectivity index (χ2v) is 8.51. The van der Waals surface area contributed by atoms with E-state index in [1.165, 1.54) is 27.8 Å². The van der Waals surface area contributed by atoms with Crippen LogP contribution in [0.25, 0.3) is 27.5 Å². The van der Waals surface area contributed by atoms with Crippen LogP contribution in [0.1, 0.15) is 43.0 Å². The summed E-state index contributed by atoms with van der Waals surface area (Å²) in [5.74, 6) is 0. The predicted octanol–water partition coefficient (Wildman–Crippen LogP) is 9.48. The lowest BCUT2D eigenvalue weighted by Gasteiger charge is -2.35. The average Bonchev–Trinajstić information content (AvgIpc) is 3.42. The van der Waals surface area contributed by atoms with Gasteiger partial charge in [0.2, 0.25) is 0 Å². The fourth-order valence-electron chi connectivity index (χ4n) is 5.56. The van der Waals surface area contributed by atoms with Gasteiger partial charge in [0.05, 0.1) is 5.41 Å². The second-order valence-electron chi connectivity index (χ2n) is 8.51. The molecule has 0 bridgehead atoms. The third-order valence-electron chi connectivity index (χ3n) is 6.86. The van der Waals surface area contributed by atoms with Gasteiger partial charge in [0.25, 0.3) is 0 Å². The van der Waals surface area contributed by atoms with Gasteiger partial charge in [-0.1, -0.05) is 118 Å². The lowest BCUT2D eigenvalue weighted by Crippen LogP contribution is -2.29.